The molecule has 4 heteroatoms. The SMILES string of the molecule is C=CCCNC(=O)c1cc(C)no1. The van der Waals surface area contributed by atoms with Gasteiger partial charge in [-0.05, 0) is 13.3 Å². The Balaban J connectivity index is 2.44. The van der Waals surface area contributed by atoms with Crippen molar-refractivity contribution in [3.05, 3.63) is 30.2 Å². The van der Waals surface area contributed by atoms with Crippen LogP contribution in [0.5, 0.6) is 0 Å². The average molecular weight is 180 g/mol. The summed E-state index contributed by atoms with van der Waals surface area (Å²) >= 11 is 0. The molecule has 0 saturated carbocycles. The highest BCUT2D eigenvalue weighted by molar-refractivity contribution is 5.91. The van der Waals surface area contributed by atoms with Crippen molar-refractivity contribution in [2.24, 2.45) is 0 Å². The van der Waals surface area contributed by atoms with Crippen molar-refractivity contribution < 1.29 is 9.32 Å². The molecule has 1 aromatic heterocycles. The van der Waals surface area contributed by atoms with E-state index < -0.39 is 0 Å². The third-order valence-electron chi connectivity index (χ3n) is 1.49. The van der Waals surface area contributed by atoms with Crippen LogP contribution in [0.4, 0.5) is 0 Å². The summed E-state index contributed by atoms with van der Waals surface area (Å²) in [5, 5.41) is 6.28. The first-order valence-electron chi connectivity index (χ1n) is 4.06. The Bertz CT molecular complexity index is 304. The Morgan fingerprint density at radius 3 is 3.15 bits per heavy atom. The minimum absolute atomic E-state index is 0.234. The quantitative estimate of drug-likeness (QED) is 0.561. The summed E-state index contributed by atoms with van der Waals surface area (Å²) in [6, 6.07) is 1.60. The van der Waals surface area contributed by atoms with E-state index in [1.165, 1.54) is 0 Å². The molecular weight excluding hydrogens is 168 g/mol. The van der Waals surface area contributed by atoms with Crippen LogP contribution in [0.15, 0.2) is 23.2 Å². The Kier molecular flexibility index (Phi) is 3.25. The van der Waals surface area contributed by atoms with Gasteiger partial charge in [0.1, 0.15) is 0 Å². The van der Waals surface area contributed by atoms with Gasteiger partial charge in [0, 0.05) is 12.6 Å². The molecule has 0 saturated heterocycles. The number of amides is 1. The summed E-state index contributed by atoms with van der Waals surface area (Å²) in [5.41, 5.74) is 0.703. The number of carbonyl (C=O) groups is 1. The maximum Gasteiger partial charge on any atom is 0.289 e. The maximum atomic E-state index is 11.3. The highest BCUT2D eigenvalue weighted by Gasteiger charge is 2.09. The Morgan fingerprint density at radius 1 is 1.85 bits per heavy atom. The van der Waals surface area contributed by atoms with Crippen molar-refractivity contribution in [3.63, 3.8) is 0 Å². The van der Waals surface area contributed by atoms with Gasteiger partial charge in [-0.15, -0.1) is 6.58 Å². The highest BCUT2D eigenvalue weighted by Crippen LogP contribution is 2.01. The largest absolute Gasteiger partial charge is 0.351 e. The topological polar surface area (TPSA) is 55.1 Å². The van der Waals surface area contributed by atoms with Crippen LogP contribution in [0.2, 0.25) is 0 Å². The lowest BCUT2D eigenvalue weighted by atomic mass is 10.3. The number of aromatic nitrogens is 1. The molecule has 0 radical (unpaired) electrons. The molecule has 4 nitrogen and oxygen atoms in total. The molecule has 0 atom stereocenters. The fraction of sp³-hybridized carbons (Fsp3) is 0.333. The van der Waals surface area contributed by atoms with Crippen molar-refractivity contribution in [1.29, 1.82) is 0 Å². The van der Waals surface area contributed by atoms with E-state index >= 15 is 0 Å². The van der Waals surface area contributed by atoms with Gasteiger partial charge in [0.05, 0.1) is 5.69 Å². The van der Waals surface area contributed by atoms with Crippen LogP contribution < -0.4 is 5.32 Å². The summed E-state index contributed by atoms with van der Waals surface area (Å²) < 4.78 is 4.77. The Morgan fingerprint density at radius 2 is 2.62 bits per heavy atom. The van der Waals surface area contributed by atoms with Crippen LogP contribution in [0.3, 0.4) is 0 Å². The lowest BCUT2D eigenvalue weighted by Crippen LogP contribution is -2.23. The fourth-order valence-electron chi connectivity index (χ4n) is 0.845. The molecule has 0 aliphatic rings. The van der Waals surface area contributed by atoms with Gasteiger partial charge in [-0.25, -0.2) is 0 Å². The highest BCUT2D eigenvalue weighted by atomic mass is 16.5. The van der Waals surface area contributed by atoms with Crippen LogP contribution in [-0.4, -0.2) is 17.6 Å². The second-order valence-electron chi connectivity index (χ2n) is 2.67. The number of nitrogens with zero attached hydrogens (tertiary/aromatic N) is 1. The molecule has 0 aliphatic carbocycles. The second-order valence-corrected chi connectivity index (χ2v) is 2.67. The average Bonchev–Trinajstić information content (AvgIpc) is 2.52. The molecule has 0 aromatic carbocycles. The number of nitrogens with one attached hydrogen (secondary N) is 1. The maximum absolute atomic E-state index is 11.3. The van der Waals surface area contributed by atoms with Crippen LogP contribution in [0.1, 0.15) is 22.7 Å². The Labute approximate surface area is 76.6 Å². The minimum atomic E-state index is -0.234. The van der Waals surface area contributed by atoms with Crippen molar-refractivity contribution >= 4 is 5.91 Å². The number of carbonyl (C=O) groups excluding carboxylic acids is 1. The summed E-state index contributed by atoms with van der Waals surface area (Å²) in [4.78, 5) is 11.3. The van der Waals surface area contributed by atoms with E-state index in [4.69, 9.17) is 4.52 Å². The molecule has 1 aromatic rings. The first-order valence-corrected chi connectivity index (χ1v) is 4.06. The van der Waals surface area contributed by atoms with E-state index in [0.29, 0.717) is 12.2 Å². The molecule has 0 unspecified atom stereocenters. The molecule has 1 N–H and O–H groups in total. The van der Waals surface area contributed by atoms with Crippen LogP contribution in [-0.2, 0) is 0 Å². The van der Waals surface area contributed by atoms with E-state index in [1.807, 2.05) is 0 Å². The van der Waals surface area contributed by atoms with Crippen molar-refractivity contribution in [3.8, 4) is 0 Å². The summed E-state index contributed by atoms with van der Waals surface area (Å²) in [6.07, 6.45) is 2.49. The molecule has 1 amide bonds. The van der Waals surface area contributed by atoms with Crippen LogP contribution in [0.25, 0.3) is 0 Å². The summed E-state index contributed by atoms with van der Waals surface area (Å²) in [7, 11) is 0. The van der Waals surface area contributed by atoms with Gasteiger partial charge in [-0.3, -0.25) is 4.79 Å². The number of hydrogen-bond acceptors (Lipinski definition) is 3. The smallest absolute Gasteiger partial charge is 0.289 e. The van der Waals surface area contributed by atoms with Gasteiger partial charge < -0.3 is 9.84 Å². The molecule has 13 heavy (non-hydrogen) atoms. The van der Waals surface area contributed by atoms with Gasteiger partial charge in [0.25, 0.3) is 5.91 Å². The van der Waals surface area contributed by atoms with Gasteiger partial charge >= 0.3 is 0 Å². The zero-order valence-corrected chi connectivity index (χ0v) is 7.54. The normalized spacial score (nSPS) is 9.62. The number of hydrogen-bond donors (Lipinski definition) is 1. The van der Waals surface area contributed by atoms with E-state index in [-0.39, 0.29) is 11.7 Å². The van der Waals surface area contributed by atoms with Crippen LogP contribution >= 0.6 is 0 Å². The lowest BCUT2D eigenvalue weighted by Gasteiger charge is -1.97. The zero-order chi connectivity index (χ0) is 9.68. The van der Waals surface area contributed by atoms with E-state index in [9.17, 15) is 4.79 Å². The molecule has 0 bridgehead atoms. The minimum Gasteiger partial charge on any atom is -0.351 e. The van der Waals surface area contributed by atoms with Gasteiger partial charge in [-0.2, -0.15) is 0 Å². The fourth-order valence-corrected chi connectivity index (χ4v) is 0.845. The van der Waals surface area contributed by atoms with Crippen molar-refractivity contribution in [2.75, 3.05) is 6.54 Å². The number of rotatable bonds is 4. The lowest BCUT2D eigenvalue weighted by molar-refractivity contribution is 0.0917. The first kappa shape index (κ1) is 9.51. The molecule has 70 valence electrons. The summed E-state index contributed by atoms with van der Waals surface area (Å²) in [6.45, 7) is 5.89. The monoisotopic (exact) mass is 180 g/mol. The number of aryl methyl sites for hydroxylation is 1. The molecule has 0 fully saturated rings. The summed E-state index contributed by atoms with van der Waals surface area (Å²) in [5.74, 6) is 0.0176. The zero-order valence-electron chi connectivity index (χ0n) is 7.54. The predicted octanol–water partition coefficient (Wildman–Crippen LogP) is 1.29. The molecule has 0 spiro atoms. The second kappa shape index (κ2) is 4.45. The molecule has 0 aliphatic heterocycles. The standard InChI is InChI=1S/C9H12N2O2/c1-3-4-5-10-9(12)8-6-7(2)11-13-8/h3,6H,1,4-5H2,2H3,(H,10,12). The molecule has 1 heterocycles. The van der Waals surface area contributed by atoms with Crippen molar-refractivity contribution in [1.82, 2.24) is 10.5 Å². The van der Waals surface area contributed by atoms with E-state index in [2.05, 4.69) is 17.1 Å². The van der Waals surface area contributed by atoms with E-state index in [1.54, 1.807) is 19.1 Å². The third-order valence-corrected chi connectivity index (χ3v) is 1.49. The first-order chi connectivity index (χ1) is 6.24. The van der Waals surface area contributed by atoms with Gasteiger partial charge in [0.15, 0.2) is 0 Å². The Hall–Kier alpha value is -1.58. The molecule has 1 rings (SSSR count). The van der Waals surface area contributed by atoms with Gasteiger partial charge in [-0.1, -0.05) is 11.2 Å². The molecular formula is C9H12N2O2. The van der Waals surface area contributed by atoms with Crippen molar-refractivity contribution in [2.45, 2.75) is 13.3 Å². The van der Waals surface area contributed by atoms with Gasteiger partial charge in [0.2, 0.25) is 5.76 Å². The third kappa shape index (κ3) is 2.74. The van der Waals surface area contributed by atoms with Crippen LogP contribution in [0, 0.1) is 6.92 Å². The van der Waals surface area contributed by atoms with E-state index in [0.717, 1.165) is 6.42 Å². The predicted molar refractivity (Wildman–Crippen MR) is 48.4 cm³/mol.